The second-order valence-corrected chi connectivity index (χ2v) is 2.87. The van der Waals surface area contributed by atoms with Crippen molar-refractivity contribution < 1.29 is 19.6 Å². The number of carbonyl (C=O) groups is 1. The number of ether oxygens (including phenoxy) is 1. The molecule has 0 saturated carbocycles. The Balaban J connectivity index is 3.12. The number of rotatable bonds is 3. The molecule has 0 aliphatic carbocycles. The molecular formula is C10H9NO5. The molecule has 0 bridgehead atoms. The lowest BCUT2D eigenvalue weighted by atomic mass is 10.2. The first-order valence-corrected chi connectivity index (χ1v) is 4.28. The van der Waals surface area contributed by atoms with Crippen LogP contribution in [0.4, 0.5) is 0 Å². The van der Waals surface area contributed by atoms with E-state index in [0.717, 1.165) is 13.2 Å². The number of nitrogens with zero attached hydrogens (tertiary/aromatic N) is 1. The molecule has 84 valence electrons. The first kappa shape index (κ1) is 11.7. The predicted octanol–water partition coefficient (Wildman–Crippen LogP) is 1.18. The summed E-state index contributed by atoms with van der Waals surface area (Å²) in [7, 11) is 1.06. The third-order valence-electron chi connectivity index (χ3n) is 1.76. The Morgan fingerprint density at radius 1 is 1.56 bits per heavy atom. The van der Waals surface area contributed by atoms with Gasteiger partial charge in [-0.15, -0.1) is 0 Å². The van der Waals surface area contributed by atoms with Gasteiger partial charge in [0.2, 0.25) is 0 Å². The SMILES string of the molecule is COC(=O)C(=Cc1cccc(O)c1)[N+](=O)[O-]. The fourth-order valence-corrected chi connectivity index (χ4v) is 1.06. The van der Waals surface area contributed by atoms with Gasteiger partial charge in [0.1, 0.15) is 5.75 Å². The first-order chi connectivity index (χ1) is 7.54. The average Bonchev–Trinajstić information content (AvgIpc) is 2.24. The van der Waals surface area contributed by atoms with Crippen LogP contribution in [0.5, 0.6) is 5.75 Å². The van der Waals surface area contributed by atoms with Crippen LogP contribution in [0.25, 0.3) is 6.08 Å². The van der Waals surface area contributed by atoms with Crippen molar-refractivity contribution in [2.75, 3.05) is 7.11 Å². The van der Waals surface area contributed by atoms with Crippen molar-refractivity contribution >= 4 is 12.0 Å². The zero-order valence-electron chi connectivity index (χ0n) is 8.41. The minimum Gasteiger partial charge on any atom is -0.508 e. The topological polar surface area (TPSA) is 89.7 Å². The summed E-state index contributed by atoms with van der Waals surface area (Å²) in [6.45, 7) is 0. The number of methoxy groups -OCH3 is 1. The van der Waals surface area contributed by atoms with Crippen LogP contribution in [-0.4, -0.2) is 23.1 Å². The highest BCUT2D eigenvalue weighted by Crippen LogP contribution is 2.14. The van der Waals surface area contributed by atoms with Crippen molar-refractivity contribution in [1.29, 1.82) is 0 Å². The van der Waals surface area contributed by atoms with Crippen LogP contribution in [-0.2, 0) is 9.53 Å². The number of esters is 1. The van der Waals surface area contributed by atoms with Gasteiger partial charge in [-0.05, 0) is 17.7 Å². The number of carbonyl (C=O) groups excluding carboxylic acids is 1. The minimum atomic E-state index is -1.03. The smallest absolute Gasteiger partial charge is 0.409 e. The molecule has 1 aromatic carbocycles. The molecule has 0 aliphatic heterocycles. The average molecular weight is 223 g/mol. The third kappa shape index (κ3) is 2.81. The summed E-state index contributed by atoms with van der Waals surface area (Å²) in [6.07, 6.45) is 1.03. The Morgan fingerprint density at radius 3 is 2.75 bits per heavy atom. The minimum absolute atomic E-state index is 0.0405. The Hall–Kier alpha value is -2.37. The summed E-state index contributed by atoms with van der Waals surface area (Å²) < 4.78 is 4.26. The van der Waals surface area contributed by atoms with Gasteiger partial charge in [-0.2, -0.15) is 0 Å². The molecule has 1 N–H and O–H groups in total. The number of nitro groups is 1. The highest BCUT2D eigenvalue weighted by atomic mass is 16.6. The highest BCUT2D eigenvalue weighted by molar-refractivity contribution is 5.90. The quantitative estimate of drug-likeness (QED) is 0.359. The number of hydrogen-bond acceptors (Lipinski definition) is 5. The van der Waals surface area contributed by atoms with Crippen LogP contribution in [0.2, 0.25) is 0 Å². The van der Waals surface area contributed by atoms with Crippen molar-refractivity contribution in [3.63, 3.8) is 0 Å². The Kier molecular flexibility index (Phi) is 3.60. The molecule has 0 aliphatic rings. The molecule has 0 amide bonds. The normalized spacial score (nSPS) is 10.9. The molecule has 0 spiro atoms. The maximum absolute atomic E-state index is 11.0. The molecule has 0 fully saturated rings. The van der Waals surface area contributed by atoms with Gasteiger partial charge >= 0.3 is 11.7 Å². The fourth-order valence-electron chi connectivity index (χ4n) is 1.06. The third-order valence-corrected chi connectivity index (χ3v) is 1.76. The monoisotopic (exact) mass is 223 g/mol. The van der Waals surface area contributed by atoms with Gasteiger partial charge in [-0.3, -0.25) is 10.1 Å². The standard InChI is InChI=1S/C10H9NO5/c1-16-10(13)9(11(14)15)6-7-3-2-4-8(12)5-7/h2-6,12H,1H3. The van der Waals surface area contributed by atoms with Crippen molar-refractivity contribution in [2.45, 2.75) is 0 Å². The molecule has 0 atom stereocenters. The van der Waals surface area contributed by atoms with Crippen LogP contribution < -0.4 is 0 Å². The largest absolute Gasteiger partial charge is 0.508 e. The molecule has 0 unspecified atom stereocenters. The number of phenolic OH excluding ortho intramolecular Hbond substituents is 1. The summed E-state index contributed by atoms with van der Waals surface area (Å²) in [4.78, 5) is 20.8. The molecule has 0 radical (unpaired) electrons. The van der Waals surface area contributed by atoms with Gasteiger partial charge in [0.25, 0.3) is 0 Å². The van der Waals surface area contributed by atoms with E-state index in [9.17, 15) is 14.9 Å². The lowest BCUT2D eigenvalue weighted by molar-refractivity contribution is -0.419. The molecule has 6 heteroatoms. The van der Waals surface area contributed by atoms with E-state index in [0.29, 0.717) is 5.56 Å². The summed E-state index contributed by atoms with van der Waals surface area (Å²) in [6, 6.07) is 5.75. The lowest BCUT2D eigenvalue weighted by Crippen LogP contribution is -2.12. The molecule has 0 heterocycles. The van der Waals surface area contributed by atoms with Gasteiger partial charge in [0, 0.05) is 6.08 Å². The zero-order valence-corrected chi connectivity index (χ0v) is 8.41. The second kappa shape index (κ2) is 4.92. The van der Waals surface area contributed by atoms with Crippen LogP contribution >= 0.6 is 0 Å². The van der Waals surface area contributed by atoms with E-state index in [1.54, 1.807) is 0 Å². The van der Waals surface area contributed by atoms with E-state index in [2.05, 4.69) is 4.74 Å². The summed E-state index contributed by atoms with van der Waals surface area (Å²) in [5.74, 6) is -1.07. The maximum atomic E-state index is 11.0. The van der Waals surface area contributed by atoms with Gasteiger partial charge in [0.15, 0.2) is 0 Å². The van der Waals surface area contributed by atoms with Crippen molar-refractivity contribution in [3.8, 4) is 5.75 Å². The van der Waals surface area contributed by atoms with Gasteiger partial charge in [0.05, 0.1) is 12.0 Å². The van der Waals surface area contributed by atoms with Gasteiger partial charge < -0.3 is 9.84 Å². The summed E-state index contributed by atoms with van der Waals surface area (Å²) in [5.41, 5.74) is -0.342. The highest BCUT2D eigenvalue weighted by Gasteiger charge is 2.22. The van der Waals surface area contributed by atoms with E-state index in [1.165, 1.54) is 24.3 Å². The first-order valence-electron chi connectivity index (χ1n) is 4.28. The fraction of sp³-hybridized carbons (Fsp3) is 0.100. The number of aromatic hydroxyl groups is 1. The zero-order chi connectivity index (χ0) is 12.1. The van der Waals surface area contributed by atoms with Gasteiger partial charge in [-0.25, -0.2) is 4.79 Å². The Labute approximate surface area is 90.9 Å². The molecule has 0 saturated heterocycles. The molecule has 16 heavy (non-hydrogen) atoms. The van der Waals surface area contributed by atoms with Crippen molar-refractivity contribution in [3.05, 3.63) is 45.6 Å². The van der Waals surface area contributed by atoms with E-state index >= 15 is 0 Å². The number of hydrogen-bond donors (Lipinski definition) is 1. The molecule has 1 rings (SSSR count). The Morgan fingerprint density at radius 2 is 2.25 bits per heavy atom. The summed E-state index contributed by atoms with van der Waals surface area (Å²) in [5, 5.41) is 19.7. The van der Waals surface area contributed by atoms with E-state index in [4.69, 9.17) is 5.11 Å². The molecular weight excluding hydrogens is 214 g/mol. The van der Waals surface area contributed by atoms with E-state index in [-0.39, 0.29) is 5.75 Å². The van der Waals surface area contributed by atoms with Crippen molar-refractivity contribution in [2.24, 2.45) is 0 Å². The van der Waals surface area contributed by atoms with E-state index < -0.39 is 16.6 Å². The molecule has 0 aromatic heterocycles. The van der Waals surface area contributed by atoms with Crippen LogP contribution in [0, 0.1) is 10.1 Å². The number of phenols is 1. The Bertz CT molecular complexity index is 452. The van der Waals surface area contributed by atoms with Crippen LogP contribution in [0.15, 0.2) is 30.0 Å². The predicted molar refractivity (Wildman–Crippen MR) is 55.1 cm³/mol. The van der Waals surface area contributed by atoms with Gasteiger partial charge in [-0.1, -0.05) is 12.1 Å². The van der Waals surface area contributed by atoms with Crippen LogP contribution in [0.1, 0.15) is 5.56 Å². The molecule has 1 aromatic rings. The lowest BCUT2D eigenvalue weighted by Gasteiger charge is -1.97. The van der Waals surface area contributed by atoms with E-state index in [1.807, 2.05) is 0 Å². The van der Waals surface area contributed by atoms with Crippen LogP contribution in [0.3, 0.4) is 0 Å². The molecule has 6 nitrogen and oxygen atoms in total. The summed E-state index contributed by atoms with van der Waals surface area (Å²) >= 11 is 0. The maximum Gasteiger partial charge on any atom is 0.409 e. The number of benzene rings is 1. The second-order valence-electron chi connectivity index (χ2n) is 2.87. The van der Waals surface area contributed by atoms with Crippen molar-refractivity contribution in [1.82, 2.24) is 0 Å².